The zero-order valence-corrected chi connectivity index (χ0v) is 17.2. The molecule has 0 bridgehead atoms. The summed E-state index contributed by atoms with van der Waals surface area (Å²) in [4.78, 5) is 4.07. The molecule has 8 heteroatoms. The molecule has 0 unspecified atom stereocenters. The van der Waals surface area contributed by atoms with E-state index in [2.05, 4.69) is 15.6 Å². The van der Waals surface area contributed by atoms with E-state index < -0.39 is 9.84 Å². The average molecular weight is 455 g/mol. The van der Waals surface area contributed by atoms with E-state index in [1.807, 2.05) is 32.0 Å². The molecule has 1 aromatic carbocycles. The number of aliphatic imine (C=N–C) groups is 1. The van der Waals surface area contributed by atoms with Gasteiger partial charge in [-0.3, -0.25) is 4.99 Å². The third-order valence-electron chi connectivity index (χ3n) is 2.96. The minimum Gasteiger partial charge on any atom is -0.494 e. The number of benzene rings is 1. The second kappa shape index (κ2) is 10.7. The molecule has 0 aliphatic heterocycles. The predicted molar refractivity (Wildman–Crippen MR) is 106 cm³/mol. The van der Waals surface area contributed by atoms with Gasteiger partial charge in [-0.1, -0.05) is 12.1 Å². The minimum absolute atomic E-state index is 0. The standard InChI is InChI=1S/C15H25N3O3S.HI/c1-5-21-14-10-12(2)6-7-13(14)11-18-15(16-3)17-8-9-22(4,19)20;/h6-7,10H,5,8-9,11H2,1-4H3,(H2,16,17,18);1H. The summed E-state index contributed by atoms with van der Waals surface area (Å²) in [5.41, 5.74) is 2.17. The molecule has 0 spiro atoms. The van der Waals surface area contributed by atoms with Crippen LogP contribution >= 0.6 is 24.0 Å². The van der Waals surface area contributed by atoms with Crippen molar-refractivity contribution in [2.75, 3.05) is 32.2 Å². The maximum atomic E-state index is 11.1. The van der Waals surface area contributed by atoms with Gasteiger partial charge in [-0.2, -0.15) is 0 Å². The van der Waals surface area contributed by atoms with Crippen LogP contribution in [0.15, 0.2) is 23.2 Å². The van der Waals surface area contributed by atoms with Crippen LogP contribution < -0.4 is 15.4 Å². The number of hydrogen-bond acceptors (Lipinski definition) is 4. The van der Waals surface area contributed by atoms with Crippen LogP contribution in [0.3, 0.4) is 0 Å². The molecule has 6 nitrogen and oxygen atoms in total. The van der Waals surface area contributed by atoms with Crippen molar-refractivity contribution in [3.05, 3.63) is 29.3 Å². The number of aryl methyl sites for hydroxylation is 1. The van der Waals surface area contributed by atoms with Crippen molar-refractivity contribution in [3.63, 3.8) is 0 Å². The Morgan fingerprint density at radius 2 is 2.00 bits per heavy atom. The number of rotatable bonds is 7. The Balaban J connectivity index is 0.00000484. The fourth-order valence-corrected chi connectivity index (χ4v) is 2.32. The molecule has 0 heterocycles. The molecule has 132 valence electrons. The van der Waals surface area contributed by atoms with Crippen LogP contribution in [0.1, 0.15) is 18.1 Å². The van der Waals surface area contributed by atoms with Gasteiger partial charge in [0, 0.05) is 32.0 Å². The van der Waals surface area contributed by atoms with E-state index >= 15 is 0 Å². The molecule has 2 N–H and O–H groups in total. The number of ether oxygens (including phenoxy) is 1. The van der Waals surface area contributed by atoms with E-state index in [9.17, 15) is 8.42 Å². The van der Waals surface area contributed by atoms with Crippen LogP contribution in [0.2, 0.25) is 0 Å². The number of nitrogens with zero attached hydrogens (tertiary/aromatic N) is 1. The molecule has 0 saturated heterocycles. The van der Waals surface area contributed by atoms with Crippen molar-refractivity contribution >= 4 is 39.8 Å². The highest BCUT2D eigenvalue weighted by Crippen LogP contribution is 2.20. The van der Waals surface area contributed by atoms with Crippen LogP contribution in [0.25, 0.3) is 0 Å². The largest absolute Gasteiger partial charge is 0.494 e. The lowest BCUT2D eigenvalue weighted by molar-refractivity contribution is 0.336. The van der Waals surface area contributed by atoms with Crippen molar-refractivity contribution < 1.29 is 13.2 Å². The summed E-state index contributed by atoms with van der Waals surface area (Å²) in [6.45, 7) is 5.45. The minimum atomic E-state index is -2.98. The number of sulfone groups is 1. The lowest BCUT2D eigenvalue weighted by Crippen LogP contribution is -2.39. The van der Waals surface area contributed by atoms with Gasteiger partial charge in [-0.15, -0.1) is 24.0 Å². The van der Waals surface area contributed by atoms with Crippen molar-refractivity contribution in [1.82, 2.24) is 10.6 Å². The van der Waals surface area contributed by atoms with Crippen molar-refractivity contribution in [3.8, 4) is 5.75 Å². The van der Waals surface area contributed by atoms with E-state index in [-0.39, 0.29) is 29.7 Å². The maximum Gasteiger partial charge on any atom is 0.191 e. The molecule has 0 amide bonds. The Labute approximate surface area is 156 Å². The lowest BCUT2D eigenvalue weighted by Gasteiger charge is -2.14. The predicted octanol–water partition coefficient (Wildman–Crippen LogP) is 1.72. The molecule has 0 aliphatic carbocycles. The lowest BCUT2D eigenvalue weighted by atomic mass is 10.1. The van der Waals surface area contributed by atoms with Crippen LogP contribution in [0, 0.1) is 6.92 Å². The molecular weight excluding hydrogens is 429 g/mol. The highest BCUT2D eigenvalue weighted by atomic mass is 127. The first kappa shape index (κ1) is 22.0. The summed E-state index contributed by atoms with van der Waals surface area (Å²) in [5.74, 6) is 1.48. The number of guanidine groups is 1. The topological polar surface area (TPSA) is 79.8 Å². The van der Waals surface area contributed by atoms with Gasteiger partial charge < -0.3 is 15.4 Å². The Morgan fingerprint density at radius 3 is 2.57 bits per heavy atom. The van der Waals surface area contributed by atoms with Gasteiger partial charge in [0.1, 0.15) is 15.6 Å². The van der Waals surface area contributed by atoms with Crippen LogP contribution in [0.5, 0.6) is 5.75 Å². The molecule has 0 aliphatic rings. The number of halogens is 1. The summed E-state index contributed by atoms with van der Waals surface area (Å²) < 4.78 is 27.9. The molecule has 1 aromatic rings. The van der Waals surface area contributed by atoms with E-state index in [1.165, 1.54) is 6.26 Å². The fraction of sp³-hybridized carbons (Fsp3) is 0.533. The summed E-state index contributed by atoms with van der Waals surface area (Å²) in [6.07, 6.45) is 1.21. The Morgan fingerprint density at radius 1 is 1.30 bits per heavy atom. The Kier molecular flexibility index (Phi) is 10.2. The third kappa shape index (κ3) is 8.99. The Hall–Kier alpha value is -1.03. The third-order valence-corrected chi connectivity index (χ3v) is 3.90. The van der Waals surface area contributed by atoms with Gasteiger partial charge in [0.05, 0.1) is 12.4 Å². The molecule has 0 radical (unpaired) electrons. The SMILES string of the molecule is CCOc1cc(C)ccc1CNC(=NC)NCCS(C)(=O)=O.I. The van der Waals surface area contributed by atoms with Crippen LogP contribution in [0.4, 0.5) is 0 Å². The first-order chi connectivity index (χ1) is 10.4. The number of nitrogens with one attached hydrogen (secondary N) is 2. The molecule has 0 aromatic heterocycles. The van der Waals surface area contributed by atoms with E-state index in [0.717, 1.165) is 16.9 Å². The summed E-state index contributed by atoms with van der Waals surface area (Å²) in [5, 5.41) is 6.13. The maximum absolute atomic E-state index is 11.1. The molecule has 0 atom stereocenters. The van der Waals surface area contributed by atoms with Gasteiger partial charge in [0.15, 0.2) is 5.96 Å². The quantitative estimate of drug-likeness (QED) is 0.372. The summed E-state index contributed by atoms with van der Waals surface area (Å²) >= 11 is 0. The zero-order chi connectivity index (χ0) is 16.6. The molecule has 23 heavy (non-hydrogen) atoms. The van der Waals surface area contributed by atoms with E-state index in [1.54, 1.807) is 7.05 Å². The zero-order valence-electron chi connectivity index (χ0n) is 14.0. The van der Waals surface area contributed by atoms with Gasteiger partial charge >= 0.3 is 0 Å². The van der Waals surface area contributed by atoms with Gasteiger partial charge in [-0.25, -0.2) is 8.42 Å². The van der Waals surface area contributed by atoms with Crippen LogP contribution in [-0.2, 0) is 16.4 Å². The highest BCUT2D eigenvalue weighted by molar-refractivity contribution is 14.0. The fourth-order valence-electron chi connectivity index (χ4n) is 1.85. The smallest absolute Gasteiger partial charge is 0.191 e. The summed E-state index contributed by atoms with van der Waals surface area (Å²) in [7, 11) is -1.33. The monoisotopic (exact) mass is 455 g/mol. The second-order valence-corrected chi connectivity index (χ2v) is 7.29. The molecule has 0 fully saturated rings. The van der Waals surface area contributed by atoms with Crippen LogP contribution in [-0.4, -0.2) is 46.6 Å². The van der Waals surface area contributed by atoms with E-state index in [0.29, 0.717) is 25.7 Å². The molecular formula is C15H26IN3O3S. The highest BCUT2D eigenvalue weighted by Gasteiger charge is 2.06. The van der Waals surface area contributed by atoms with Gasteiger partial charge in [0.2, 0.25) is 0 Å². The first-order valence-electron chi connectivity index (χ1n) is 7.20. The van der Waals surface area contributed by atoms with Crippen molar-refractivity contribution in [2.45, 2.75) is 20.4 Å². The van der Waals surface area contributed by atoms with Gasteiger partial charge in [-0.05, 0) is 25.5 Å². The summed E-state index contributed by atoms with van der Waals surface area (Å²) in [6, 6.07) is 6.04. The normalized spacial score (nSPS) is 11.6. The molecule has 0 saturated carbocycles. The Bertz CT molecular complexity index is 618. The first-order valence-corrected chi connectivity index (χ1v) is 9.26. The van der Waals surface area contributed by atoms with Gasteiger partial charge in [0.25, 0.3) is 0 Å². The average Bonchev–Trinajstić information content (AvgIpc) is 2.43. The second-order valence-electron chi connectivity index (χ2n) is 5.03. The van der Waals surface area contributed by atoms with Crippen molar-refractivity contribution in [2.24, 2.45) is 4.99 Å². The van der Waals surface area contributed by atoms with Crippen molar-refractivity contribution in [1.29, 1.82) is 0 Å². The number of hydrogen-bond donors (Lipinski definition) is 2. The van der Waals surface area contributed by atoms with E-state index in [4.69, 9.17) is 4.74 Å². The molecule has 1 rings (SSSR count).